The highest BCUT2D eigenvalue weighted by Gasteiger charge is 2.17. The summed E-state index contributed by atoms with van der Waals surface area (Å²) in [5, 5.41) is 13.8. The number of aromatic nitrogens is 4. The van der Waals surface area contributed by atoms with Crippen molar-refractivity contribution >= 4 is 17.2 Å². The van der Waals surface area contributed by atoms with Crippen LogP contribution in [0, 0.1) is 6.92 Å². The fourth-order valence-electron chi connectivity index (χ4n) is 2.97. The highest BCUT2D eigenvalue weighted by atomic mass is 32.1. The van der Waals surface area contributed by atoms with Gasteiger partial charge in [0.2, 0.25) is 0 Å². The number of aryl methyl sites for hydroxylation is 2. The van der Waals surface area contributed by atoms with Crippen molar-refractivity contribution in [3.63, 3.8) is 0 Å². The van der Waals surface area contributed by atoms with Crippen molar-refractivity contribution in [3.8, 4) is 10.8 Å². The fourth-order valence-corrected chi connectivity index (χ4v) is 3.73. The second-order valence-electron chi connectivity index (χ2n) is 6.13. The van der Waals surface area contributed by atoms with Gasteiger partial charge in [-0.1, -0.05) is 6.42 Å². The molecule has 3 aromatic heterocycles. The van der Waals surface area contributed by atoms with Gasteiger partial charge in [-0.25, -0.2) is 4.98 Å². The second kappa shape index (κ2) is 6.79. The number of rotatable bonds is 4. The Morgan fingerprint density at radius 1 is 1.32 bits per heavy atom. The number of furan rings is 1. The summed E-state index contributed by atoms with van der Waals surface area (Å²) in [6.45, 7) is 3.16. The molecule has 1 aliphatic rings. The molecule has 3 aromatic rings. The van der Waals surface area contributed by atoms with Crippen molar-refractivity contribution in [2.24, 2.45) is 0 Å². The van der Waals surface area contributed by atoms with E-state index < -0.39 is 0 Å². The Balaban J connectivity index is 1.43. The third-order valence-electron chi connectivity index (χ3n) is 4.28. The van der Waals surface area contributed by atoms with Gasteiger partial charge in [0.15, 0.2) is 16.6 Å². The van der Waals surface area contributed by atoms with Crippen LogP contribution in [0.25, 0.3) is 10.8 Å². The monoisotopic (exact) mass is 357 g/mol. The van der Waals surface area contributed by atoms with Gasteiger partial charge in [-0.3, -0.25) is 4.79 Å². The quantitative estimate of drug-likeness (QED) is 0.776. The van der Waals surface area contributed by atoms with E-state index in [2.05, 4.69) is 25.1 Å². The Morgan fingerprint density at radius 3 is 3.08 bits per heavy atom. The molecule has 1 amide bonds. The Bertz CT molecular complexity index is 895. The molecule has 0 saturated carbocycles. The summed E-state index contributed by atoms with van der Waals surface area (Å²) >= 11 is 1.39. The molecule has 0 aromatic carbocycles. The first-order valence-corrected chi connectivity index (χ1v) is 9.30. The van der Waals surface area contributed by atoms with E-state index in [1.165, 1.54) is 17.8 Å². The molecule has 25 heavy (non-hydrogen) atoms. The zero-order chi connectivity index (χ0) is 17.2. The van der Waals surface area contributed by atoms with Crippen molar-refractivity contribution in [2.45, 2.75) is 45.7 Å². The number of amides is 1. The van der Waals surface area contributed by atoms with Crippen LogP contribution in [-0.2, 0) is 19.5 Å². The summed E-state index contributed by atoms with van der Waals surface area (Å²) in [5.41, 5.74) is 0.393. The molecule has 0 fully saturated rings. The fraction of sp³-hybridized carbons (Fsp3) is 0.412. The lowest BCUT2D eigenvalue weighted by Crippen LogP contribution is -2.25. The number of fused-ring (bicyclic) bond motifs is 1. The lowest BCUT2D eigenvalue weighted by atomic mass is 10.2. The summed E-state index contributed by atoms with van der Waals surface area (Å²) < 4.78 is 7.68. The predicted molar refractivity (Wildman–Crippen MR) is 93.3 cm³/mol. The SMILES string of the molecule is Cc1ccc(-c2nc(C(=O)NCc3nnc4n3CCCCC4)cs2)o1. The van der Waals surface area contributed by atoms with Gasteiger partial charge in [-0.15, -0.1) is 21.5 Å². The third kappa shape index (κ3) is 3.34. The Morgan fingerprint density at radius 2 is 2.24 bits per heavy atom. The van der Waals surface area contributed by atoms with Gasteiger partial charge in [0.1, 0.15) is 17.3 Å². The van der Waals surface area contributed by atoms with Gasteiger partial charge in [-0.2, -0.15) is 0 Å². The average Bonchev–Trinajstić information content (AvgIpc) is 3.30. The first-order chi connectivity index (χ1) is 12.2. The maximum atomic E-state index is 12.4. The highest BCUT2D eigenvalue weighted by molar-refractivity contribution is 7.13. The summed E-state index contributed by atoms with van der Waals surface area (Å²) in [5.74, 6) is 3.12. The molecular formula is C17H19N5O2S. The number of hydrogen-bond donors (Lipinski definition) is 1. The van der Waals surface area contributed by atoms with Gasteiger partial charge in [0, 0.05) is 18.3 Å². The topological polar surface area (TPSA) is 85.8 Å². The number of nitrogens with zero attached hydrogens (tertiary/aromatic N) is 4. The number of hydrogen-bond acceptors (Lipinski definition) is 6. The minimum atomic E-state index is -0.211. The summed E-state index contributed by atoms with van der Waals surface area (Å²) in [6, 6.07) is 3.74. The number of carbonyl (C=O) groups excluding carboxylic acids is 1. The van der Waals surface area contributed by atoms with Crippen LogP contribution in [0.15, 0.2) is 21.9 Å². The van der Waals surface area contributed by atoms with Crippen molar-refractivity contribution in [1.82, 2.24) is 25.1 Å². The molecular weight excluding hydrogens is 338 g/mol. The van der Waals surface area contributed by atoms with Gasteiger partial charge >= 0.3 is 0 Å². The predicted octanol–water partition coefficient (Wildman–Crippen LogP) is 2.96. The van der Waals surface area contributed by atoms with E-state index in [4.69, 9.17) is 4.42 Å². The average molecular weight is 357 g/mol. The Hall–Kier alpha value is -2.48. The van der Waals surface area contributed by atoms with Gasteiger partial charge in [-0.05, 0) is 31.9 Å². The van der Waals surface area contributed by atoms with E-state index >= 15 is 0 Å². The van der Waals surface area contributed by atoms with E-state index in [-0.39, 0.29) is 5.91 Å². The maximum absolute atomic E-state index is 12.4. The first-order valence-electron chi connectivity index (χ1n) is 8.42. The lowest BCUT2D eigenvalue weighted by molar-refractivity contribution is 0.0945. The molecule has 0 atom stereocenters. The standard InChI is InChI=1S/C17H19N5O2S/c1-11-6-7-13(24-11)17-19-12(10-25-17)16(23)18-9-15-21-20-14-5-3-2-4-8-22(14)15/h6-7,10H,2-5,8-9H2,1H3,(H,18,23). The van der Waals surface area contributed by atoms with E-state index in [1.807, 2.05) is 19.1 Å². The Labute approximate surface area is 149 Å². The van der Waals surface area contributed by atoms with E-state index in [1.54, 1.807) is 5.38 Å². The molecule has 0 bridgehead atoms. The van der Waals surface area contributed by atoms with Gasteiger partial charge < -0.3 is 14.3 Å². The molecule has 4 rings (SSSR count). The number of carbonyl (C=O) groups is 1. The minimum absolute atomic E-state index is 0.211. The first kappa shape index (κ1) is 16.0. The Kier molecular flexibility index (Phi) is 4.35. The summed E-state index contributed by atoms with van der Waals surface area (Å²) in [6.07, 6.45) is 4.45. The minimum Gasteiger partial charge on any atom is -0.459 e. The van der Waals surface area contributed by atoms with E-state index in [0.29, 0.717) is 23.0 Å². The van der Waals surface area contributed by atoms with Crippen LogP contribution >= 0.6 is 11.3 Å². The molecule has 0 spiro atoms. The van der Waals surface area contributed by atoms with Crippen LogP contribution in [0.4, 0.5) is 0 Å². The van der Waals surface area contributed by atoms with Crippen LogP contribution in [0.2, 0.25) is 0 Å². The smallest absolute Gasteiger partial charge is 0.271 e. The maximum Gasteiger partial charge on any atom is 0.271 e. The normalized spacial score (nSPS) is 14.1. The molecule has 0 aliphatic carbocycles. The molecule has 0 unspecified atom stereocenters. The van der Waals surface area contributed by atoms with Crippen LogP contribution in [0.3, 0.4) is 0 Å². The molecule has 8 heteroatoms. The third-order valence-corrected chi connectivity index (χ3v) is 5.14. The molecule has 0 saturated heterocycles. The van der Waals surface area contributed by atoms with Crippen molar-refractivity contribution in [3.05, 3.63) is 40.6 Å². The van der Waals surface area contributed by atoms with Crippen LogP contribution < -0.4 is 5.32 Å². The van der Waals surface area contributed by atoms with Gasteiger partial charge in [0.25, 0.3) is 5.91 Å². The van der Waals surface area contributed by atoms with E-state index in [0.717, 1.165) is 43.2 Å². The van der Waals surface area contributed by atoms with Crippen LogP contribution in [0.1, 0.15) is 47.2 Å². The molecule has 7 nitrogen and oxygen atoms in total. The summed E-state index contributed by atoms with van der Waals surface area (Å²) in [4.78, 5) is 16.7. The van der Waals surface area contributed by atoms with Crippen LogP contribution in [0.5, 0.6) is 0 Å². The number of thiazole rings is 1. The summed E-state index contributed by atoms with van der Waals surface area (Å²) in [7, 11) is 0. The lowest BCUT2D eigenvalue weighted by Gasteiger charge is -2.07. The van der Waals surface area contributed by atoms with Crippen molar-refractivity contribution in [2.75, 3.05) is 0 Å². The van der Waals surface area contributed by atoms with Gasteiger partial charge in [0.05, 0.1) is 6.54 Å². The second-order valence-corrected chi connectivity index (χ2v) is 6.98. The zero-order valence-corrected chi connectivity index (χ0v) is 14.8. The molecule has 1 aliphatic heterocycles. The molecule has 1 N–H and O–H groups in total. The van der Waals surface area contributed by atoms with Crippen LogP contribution in [-0.4, -0.2) is 25.7 Å². The van der Waals surface area contributed by atoms with E-state index in [9.17, 15) is 4.79 Å². The largest absolute Gasteiger partial charge is 0.459 e. The molecule has 4 heterocycles. The van der Waals surface area contributed by atoms with Crippen molar-refractivity contribution in [1.29, 1.82) is 0 Å². The molecule has 0 radical (unpaired) electrons. The highest BCUT2D eigenvalue weighted by Crippen LogP contribution is 2.25. The number of nitrogens with one attached hydrogen (secondary N) is 1. The molecule has 130 valence electrons. The van der Waals surface area contributed by atoms with Crippen molar-refractivity contribution < 1.29 is 9.21 Å². The zero-order valence-electron chi connectivity index (χ0n) is 14.0.